The van der Waals surface area contributed by atoms with Crippen LogP contribution in [0.3, 0.4) is 0 Å². The minimum atomic E-state index is -1.75. The highest BCUT2D eigenvalue weighted by Crippen LogP contribution is 2.34. The first kappa shape index (κ1) is 35.0. The first-order valence-electron chi connectivity index (χ1n) is 15.5. The summed E-state index contributed by atoms with van der Waals surface area (Å²) in [6, 6.07) is 20.7. The first-order chi connectivity index (χ1) is 21.2. The number of rotatable bonds is 19. The number of carbonyl (C=O) groups excluding carboxylic acids is 1. The molecule has 0 unspecified atom stereocenters. The summed E-state index contributed by atoms with van der Waals surface area (Å²) in [7, 11) is -2.50. The molecular weight excluding hydrogens is 589 g/mol. The van der Waals surface area contributed by atoms with Crippen LogP contribution in [0.4, 0.5) is 11.4 Å². The molecule has 0 N–H and O–H groups in total. The van der Waals surface area contributed by atoms with Crippen LogP contribution in [0.2, 0.25) is 32.2 Å². The molecular formula is C34H47N2O6Si2. The predicted octanol–water partition coefficient (Wildman–Crippen LogP) is 9.92. The Labute approximate surface area is 265 Å². The Bertz CT molecular complexity index is 1310. The minimum Gasteiger partial charge on any atom is -0.494 e. The summed E-state index contributed by atoms with van der Waals surface area (Å²) in [4.78, 5) is 13.0. The third-order valence-electron chi connectivity index (χ3n) is 6.53. The summed E-state index contributed by atoms with van der Waals surface area (Å²) < 4.78 is 29.6. The van der Waals surface area contributed by atoms with Crippen LogP contribution in [0.1, 0.15) is 56.3 Å². The lowest BCUT2D eigenvalue weighted by Gasteiger charge is -2.25. The highest BCUT2D eigenvalue weighted by Gasteiger charge is 2.23. The van der Waals surface area contributed by atoms with Crippen molar-refractivity contribution in [3.05, 3.63) is 72.3 Å². The van der Waals surface area contributed by atoms with E-state index in [1.165, 1.54) is 0 Å². The molecule has 3 aromatic carbocycles. The zero-order chi connectivity index (χ0) is 31.8. The lowest BCUT2D eigenvalue weighted by Crippen LogP contribution is -2.35. The van der Waals surface area contributed by atoms with Crippen molar-refractivity contribution in [1.29, 1.82) is 0 Å². The van der Waals surface area contributed by atoms with E-state index < -0.39 is 23.3 Å². The van der Waals surface area contributed by atoms with Crippen molar-refractivity contribution in [1.82, 2.24) is 0 Å². The maximum absolute atomic E-state index is 13.0. The third-order valence-corrected chi connectivity index (χ3v) is 11.9. The van der Waals surface area contributed by atoms with Gasteiger partial charge in [0.2, 0.25) is 0 Å². The van der Waals surface area contributed by atoms with Gasteiger partial charge in [0.15, 0.2) is 28.9 Å². The van der Waals surface area contributed by atoms with E-state index in [0.29, 0.717) is 48.3 Å². The number of carbonyl (C=O) groups is 1. The van der Waals surface area contributed by atoms with E-state index in [-0.39, 0.29) is 0 Å². The van der Waals surface area contributed by atoms with E-state index in [1.54, 1.807) is 42.5 Å². The summed E-state index contributed by atoms with van der Waals surface area (Å²) >= 11 is 0. The zero-order valence-electron chi connectivity index (χ0n) is 27.1. The lowest BCUT2D eigenvalue weighted by molar-refractivity contribution is 0.0728. The average molecular weight is 636 g/mol. The molecule has 0 saturated heterocycles. The Morgan fingerprint density at radius 3 is 1.84 bits per heavy atom. The highest BCUT2D eigenvalue weighted by atomic mass is 28.4. The molecule has 0 amide bonds. The van der Waals surface area contributed by atoms with Gasteiger partial charge in [-0.05, 0) is 112 Å². The van der Waals surface area contributed by atoms with Gasteiger partial charge in [0.05, 0.1) is 36.8 Å². The summed E-state index contributed by atoms with van der Waals surface area (Å²) in [5.74, 6) is 1.82. The van der Waals surface area contributed by atoms with Crippen molar-refractivity contribution in [3.63, 3.8) is 0 Å². The van der Waals surface area contributed by atoms with Gasteiger partial charge in [0.25, 0.3) is 0 Å². The molecule has 0 saturated carbocycles. The maximum Gasteiger partial charge on any atom is 0.343 e. The van der Waals surface area contributed by atoms with Crippen molar-refractivity contribution < 1.29 is 27.9 Å². The largest absolute Gasteiger partial charge is 0.494 e. The molecule has 0 heterocycles. The van der Waals surface area contributed by atoms with Crippen molar-refractivity contribution >= 4 is 34.7 Å². The second-order valence-electron chi connectivity index (χ2n) is 11.4. The topological polar surface area (TPSA) is 87.9 Å². The molecule has 0 aliphatic rings. The zero-order valence-corrected chi connectivity index (χ0v) is 29.1. The SMILES string of the molecule is CCCCOc1ccc(N=Nc2ccc(OC(=O)c3ccc(OCCCC)cc3)c(OCCC[Si](C)(C)O[Si](C)C)c2)cc1. The number of esters is 1. The van der Waals surface area contributed by atoms with Crippen LogP contribution in [-0.4, -0.2) is 43.1 Å². The monoisotopic (exact) mass is 635 g/mol. The van der Waals surface area contributed by atoms with Crippen LogP contribution in [-0.2, 0) is 4.12 Å². The van der Waals surface area contributed by atoms with Gasteiger partial charge in [-0.2, -0.15) is 10.2 Å². The highest BCUT2D eigenvalue weighted by molar-refractivity contribution is 6.77. The van der Waals surface area contributed by atoms with E-state index in [0.717, 1.165) is 49.6 Å². The summed E-state index contributed by atoms with van der Waals surface area (Å²) in [6.07, 6.45) is 4.98. The standard InChI is InChI=1S/C34H47N2O6Si2/c1-7-9-22-38-30-17-12-27(13-18-30)34(37)41-32-21-16-29(26-33(32)40-24-11-25-44(5,6)42-43(3)4)36-35-28-14-19-31(20-15-28)39-23-10-8-2/h12-21,26H,7-11,22-25H2,1-6H3. The second-order valence-corrected chi connectivity index (χ2v) is 18.0. The molecule has 237 valence electrons. The Hall–Kier alpha value is -3.48. The van der Waals surface area contributed by atoms with Crippen molar-refractivity contribution in [2.45, 2.75) is 78.2 Å². The molecule has 3 rings (SSSR count). The van der Waals surface area contributed by atoms with Gasteiger partial charge < -0.3 is 23.1 Å². The van der Waals surface area contributed by atoms with E-state index in [9.17, 15) is 4.79 Å². The average Bonchev–Trinajstić information content (AvgIpc) is 3.00. The van der Waals surface area contributed by atoms with E-state index in [1.807, 2.05) is 24.3 Å². The second kappa shape index (κ2) is 18.4. The molecule has 3 aromatic rings. The third kappa shape index (κ3) is 12.6. The minimum absolute atomic E-state index is 0.325. The molecule has 0 fully saturated rings. The predicted molar refractivity (Wildman–Crippen MR) is 180 cm³/mol. The Balaban J connectivity index is 1.71. The molecule has 0 atom stereocenters. The van der Waals surface area contributed by atoms with Crippen molar-refractivity contribution in [2.75, 3.05) is 19.8 Å². The number of ether oxygens (including phenoxy) is 4. The van der Waals surface area contributed by atoms with Crippen LogP contribution in [0.15, 0.2) is 77.0 Å². The van der Waals surface area contributed by atoms with Crippen LogP contribution in [0.25, 0.3) is 0 Å². The van der Waals surface area contributed by atoms with Gasteiger partial charge in [-0.25, -0.2) is 4.79 Å². The number of unbranched alkanes of at least 4 members (excludes halogenated alkanes) is 2. The van der Waals surface area contributed by atoms with Gasteiger partial charge in [-0.15, -0.1) is 0 Å². The molecule has 1 radical (unpaired) electrons. The van der Waals surface area contributed by atoms with Crippen LogP contribution in [0.5, 0.6) is 23.0 Å². The Kier molecular flexibility index (Phi) is 14.6. The molecule has 0 spiro atoms. The molecule has 0 aliphatic heterocycles. The first-order valence-corrected chi connectivity index (χ1v) is 21.1. The van der Waals surface area contributed by atoms with Crippen LogP contribution < -0.4 is 18.9 Å². The van der Waals surface area contributed by atoms with Crippen LogP contribution in [0, 0.1) is 0 Å². The van der Waals surface area contributed by atoms with E-state index in [4.69, 9.17) is 23.1 Å². The molecule has 0 bridgehead atoms. The fourth-order valence-electron chi connectivity index (χ4n) is 4.28. The van der Waals surface area contributed by atoms with E-state index >= 15 is 0 Å². The summed E-state index contributed by atoms with van der Waals surface area (Å²) in [5, 5.41) is 8.77. The van der Waals surface area contributed by atoms with Crippen molar-refractivity contribution in [2.24, 2.45) is 10.2 Å². The Morgan fingerprint density at radius 1 is 0.705 bits per heavy atom. The number of benzene rings is 3. The number of azo groups is 1. The van der Waals surface area contributed by atoms with E-state index in [2.05, 4.69) is 50.3 Å². The van der Waals surface area contributed by atoms with Crippen molar-refractivity contribution in [3.8, 4) is 23.0 Å². The fraction of sp³-hybridized carbons (Fsp3) is 0.441. The van der Waals surface area contributed by atoms with Gasteiger partial charge in [0, 0.05) is 6.07 Å². The number of nitrogens with zero attached hydrogens (tertiary/aromatic N) is 2. The van der Waals surface area contributed by atoms with Gasteiger partial charge >= 0.3 is 5.97 Å². The Morgan fingerprint density at radius 2 is 1.25 bits per heavy atom. The molecule has 0 aromatic heterocycles. The molecule has 44 heavy (non-hydrogen) atoms. The quantitative estimate of drug-likeness (QED) is 0.0428. The molecule has 0 aliphatic carbocycles. The van der Waals surface area contributed by atoms with Crippen LogP contribution >= 0.6 is 0 Å². The molecule has 8 nitrogen and oxygen atoms in total. The fourth-order valence-corrected chi connectivity index (χ4v) is 10.1. The number of hydrogen-bond acceptors (Lipinski definition) is 8. The number of hydrogen-bond donors (Lipinski definition) is 0. The lowest BCUT2D eigenvalue weighted by atomic mass is 10.2. The normalized spacial score (nSPS) is 11.6. The van der Waals surface area contributed by atoms with Gasteiger partial charge in [-0.3, -0.25) is 0 Å². The summed E-state index contributed by atoms with van der Waals surface area (Å²) in [6.45, 7) is 14.9. The van der Waals surface area contributed by atoms with Gasteiger partial charge in [0.1, 0.15) is 11.5 Å². The smallest absolute Gasteiger partial charge is 0.343 e. The van der Waals surface area contributed by atoms with Gasteiger partial charge in [-0.1, -0.05) is 26.7 Å². The maximum atomic E-state index is 13.0. The molecule has 10 heteroatoms. The summed E-state index contributed by atoms with van der Waals surface area (Å²) in [5.41, 5.74) is 1.71.